The van der Waals surface area contributed by atoms with E-state index in [1.165, 1.54) is 6.26 Å². The second-order valence-corrected chi connectivity index (χ2v) is 5.25. The highest BCUT2D eigenvalue weighted by atomic mass is 16.5. The van der Waals surface area contributed by atoms with E-state index < -0.39 is 5.91 Å². The molecule has 8 heteroatoms. The van der Waals surface area contributed by atoms with E-state index in [0.717, 1.165) is 32.8 Å². The number of nitrogens with one attached hydrogen (secondary N) is 2. The van der Waals surface area contributed by atoms with Gasteiger partial charge in [-0.05, 0) is 19.1 Å². The van der Waals surface area contributed by atoms with Crippen molar-refractivity contribution in [3.05, 3.63) is 24.2 Å². The van der Waals surface area contributed by atoms with Crippen LogP contribution in [0.4, 0.5) is 0 Å². The Morgan fingerprint density at radius 1 is 1.35 bits per heavy atom. The van der Waals surface area contributed by atoms with Gasteiger partial charge < -0.3 is 14.5 Å². The van der Waals surface area contributed by atoms with Crippen molar-refractivity contribution < 1.29 is 18.7 Å². The molecule has 1 aromatic rings. The average molecular weight is 322 g/mol. The Labute approximate surface area is 134 Å². The number of rotatable bonds is 7. The van der Waals surface area contributed by atoms with Gasteiger partial charge in [0.25, 0.3) is 0 Å². The van der Waals surface area contributed by atoms with Crippen LogP contribution < -0.4 is 10.7 Å². The van der Waals surface area contributed by atoms with Crippen LogP contribution in [-0.2, 0) is 9.53 Å². The summed E-state index contributed by atoms with van der Waals surface area (Å²) < 4.78 is 10.2. The number of carbonyl (C=O) groups is 2. The summed E-state index contributed by atoms with van der Waals surface area (Å²) in [5, 5.41) is 6.73. The SMILES string of the molecule is C/C(CC(=O)NCCN1CCOCC1)=N\NC(=O)c1ccco1. The fraction of sp³-hybridized carbons (Fsp3) is 0.533. The molecule has 2 N–H and O–H groups in total. The molecule has 126 valence electrons. The first-order valence-corrected chi connectivity index (χ1v) is 7.59. The number of carbonyl (C=O) groups excluding carboxylic acids is 2. The number of morpholine rings is 1. The van der Waals surface area contributed by atoms with Gasteiger partial charge >= 0.3 is 5.91 Å². The van der Waals surface area contributed by atoms with Crippen LogP contribution in [0.25, 0.3) is 0 Å². The quantitative estimate of drug-likeness (QED) is 0.553. The van der Waals surface area contributed by atoms with Gasteiger partial charge in [0.2, 0.25) is 5.91 Å². The molecule has 8 nitrogen and oxygen atoms in total. The number of nitrogens with zero attached hydrogens (tertiary/aromatic N) is 2. The number of hydrogen-bond acceptors (Lipinski definition) is 6. The van der Waals surface area contributed by atoms with Gasteiger partial charge in [-0.15, -0.1) is 0 Å². The zero-order valence-corrected chi connectivity index (χ0v) is 13.2. The Morgan fingerprint density at radius 3 is 2.83 bits per heavy atom. The van der Waals surface area contributed by atoms with E-state index in [-0.39, 0.29) is 18.1 Å². The number of furan rings is 1. The van der Waals surface area contributed by atoms with E-state index in [0.29, 0.717) is 12.3 Å². The zero-order chi connectivity index (χ0) is 16.5. The summed E-state index contributed by atoms with van der Waals surface area (Å²) in [5.41, 5.74) is 2.87. The van der Waals surface area contributed by atoms with Crippen molar-refractivity contribution in [2.45, 2.75) is 13.3 Å². The lowest BCUT2D eigenvalue weighted by Gasteiger charge is -2.26. The van der Waals surface area contributed by atoms with Gasteiger partial charge in [0.05, 0.1) is 25.9 Å². The maximum atomic E-state index is 11.8. The lowest BCUT2D eigenvalue weighted by molar-refractivity contribution is -0.120. The van der Waals surface area contributed by atoms with Crippen molar-refractivity contribution in [1.82, 2.24) is 15.6 Å². The molecular formula is C15H22N4O4. The molecule has 1 fully saturated rings. The largest absolute Gasteiger partial charge is 0.459 e. The van der Waals surface area contributed by atoms with Gasteiger partial charge in [-0.1, -0.05) is 0 Å². The number of hydrogen-bond donors (Lipinski definition) is 2. The Balaban J connectivity index is 1.63. The van der Waals surface area contributed by atoms with E-state index >= 15 is 0 Å². The van der Waals surface area contributed by atoms with Gasteiger partial charge in [-0.3, -0.25) is 14.5 Å². The molecule has 1 aliphatic rings. The highest BCUT2D eigenvalue weighted by Crippen LogP contribution is 1.99. The van der Waals surface area contributed by atoms with Gasteiger partial charge in [0, 0.05) is 31.9 Å². The third kappa shape index (κ3) is 6.21. The Morgan fingerprint density at radius 2 is 2.13 bits per heavy atom. The molecule has 1 aliphatic heterocycles. The molecule has 0 spiro atoms. The molecule has 0 atom stereocenters. The summed E-state index contributed by atoms with van der Waals surface area (Å²) in [7, 11) is 0. The normalized spacial score (nSPS) is 16.1. The highest BCUT2D eigenvalue weighted by molar-refractivity contribution is 6.00. The first-order valence-electron chi connectivity index (χ1n) is 7.59. The molecule has 2 heterocycles. The third-order valence-corrected chi connectivity index (χ3v) is 3.36. The van der Waals surface area contributed by atoms with Crippen molar-refractivity contribution in [2.24, 2.45) is 5.10 Å². The molecule has 1 aromatic heterocycles. The predicted molar refractivity (Wildman–Crippen MR) is 84.2 cm³/mol. The minimum atomic E-state index is -0.443. The highest BCUT2D eigenvalue weighted by Gasteiger charge is 2.11. The summed E-state index contributed by atoms with van der Waals surface area (Å²) in [6.45, 7) is 6.36. The Kier molecular flexibility index (Phi) is 6.76. The van der Waals surface area contributed by atoms with E-state index in [2.05, 4.69) is 20.7 Å². The zero-order valence-electron chi connectivity index (χ0n) is 13.2. The van der Waals surface area contributed by atoms with Crippen molar-refractivity contribution in [3.8, 4) is 0 Å². The lowest BCUT2D eigenvalue weighted by atomic mass is 10.3. The molecule has 0 saturated carbocycles. The van der Waals surface area contributed by atoms with E-state index in [1.54, 1.807) is 19.1 Å². The minimum absolute atomic E-state index is 0.119. The number of amides is 2. The van der Waals surface area contributed by atoms with Crippen LogP contribution in [0.2, 0.25) is 0 Å². The van der Waals surface area contributed by atoms with Crippen molar-refractivity contribution in [2.75, 3.05) is 39.4 Å². The van der Waals surface area contributed by atoms with Crippen LogP contribution in [0.5, 0.6) is 0 Å². The summed E-state index contributed by atoms with van der Waals surface area (Å²) in [6.07, 6.45) is 1.55. The van der Waals surface area contributed by atoms with Crippen LogP contribution in [0.1, 0.15) is 23.9 Å². The van der Waals surface area contributed by atoms with Crippen LogP contribution >= 0.6 is 0 Å². The number of hydrazone groups is 1. The van der Waals surface area contributed by atoms with Crippen LogP contribution in [0.15, 0.2) is 27.9 Å². The third-order valence-electron chi connectivity index (χ3n) is 3.36. The summed E-state index contributed by atoms with van der Waals surface area (Å²) in [6, 6.07) is 3.16. The topological polar surface area (TPSA) is 96.2 Å². The first-order chi connectivity index (χ1) is 11.1. The molecule has 0 bridgehead atoms. The maximum absolute atomic E-state index is 11.8. The van der Waals surface area contributed by atoms with Crippen LogP contribution in [0.3, 0.4) is 0 Å². The van der Waals surface area contributed by atoms with E-state index in [9.17, 15) is 9.59 Å². The first kappa shape index (κ1) is 17.2. The smallest absolute Gasteiger partial charge is 0.307 e. The van der Waals surface area contributed by atoms with Gasteiger partial charge in [0.15, 0.2) is 5.76 Å². The fourth-order valence-corrected chi connectivity index (χ4v) is 2.12. The van der Waals surface area contributed by atoms with Gasteiger partial charge in [-0.25, -0.2) is 5.43 Å². The van der Waals surface area contributed by atoms with Crippen LogP contribution in [0, 0.1) is 0 Å². The summed E-state index contributed by atoms with van der Waals surface area (Å²) in [5.74, 6) is -0.384. The Bertz CT molecular complexity index is 536. The van der Waals surface area contributed by atoms with Crippen LogP contribution in [-0.4, -0.2) is 61.8 Å². The monoisotopic (exact) mass is 322 g/mol. The standard InChI is InChI=1S/C15H22N4O4/c1-12(17-18-15(21)13-3-2-8-23-13)11-14(20)16-4-5-19-6-9-22-10-7-19/h2-3,8H,4-7,9-11H2,1H3,(H,16,20)(H,18,21)/b17-12+. The minimum Gasteiger partial charge on any atom is -0.459 e. The number of ether oxygens (including phenoxy) is 1. The molecule has 23 heavy (non-hydrogen) atoms. The molecule has 1 saturated heterocycles. The molecule has 0 aliphatic carbocycles. The fourth-order valence-electron chi connectivity index (χ4n) is 2.12. The molecule has 2 amide bonds. The van der Waals surface area contributed by atoms with Crippen molar-refractivity contribution >= 4 is 17.5 Å². The summed E-state index contributed by atoms with van der Waals surface area (Å²) in [4.78, 5) is 25.7. The molecule has 2 rings (SSSR count). The second kappa shape index (κ2) is 9.06. The molecular weight excluding hydrogens is 300 g/mol. The average Bonchev–Trinajstić information content (AvgIpc) is 3.08. The van der Waals surface area contributed by atoms with E-state index in [4.69, 9.17) is 9.15 Å². The molecule has 0 unspecified atom stereocenters. The maximum Gasteiger partial charge on any atom is 0.307 e. The molecule has 0 aromatic carbocycles. The van der Waals surface area contributed by atoms with Gasteiger partial charge in [0.1, 0.15) is 0 Å². The van der Waals surface area contributed by atoms with Crippen molar-refractivity contribution in [3.63, 3.8) is 0 Å². The predicted octanol–water partition coefficient (Wildman–Crippen LogP) is 0.224. The molecule has 0 radical (unpaired) electrons. The lowest BCUT2D eigenvalue weighted by Crippen LogP contribution is -2.41. The summed E-state index contributed by atoms with van der Waals surface area (Å²) >= 11 is 0. The van der Waals surface area contributed by atoms with Gasteiger partial charge in [-0.2, -0.15) is 5.10 Å². The second-order valence-electron chi connectivity index (χ2n) is 5.25. The van der Waals surface area contributed by atoms with E-state index in [1.807, 2.05) is 0 Å². The Hall–Kier alpha value is -2.19. The van der Waals surface area contributed by atoms with Crippen molar-refractivity contribution in [1.29, 1.82) is 0 Å².